The Kier molecular flexibility index (Phi) is 13.1. The van der Waals surface area contributed by atoms with Gasteiger partial charge >= 0.3 is 5.97 Å². The maximum absolute atomic E-state index is 10.4. The third-order valence-corrected chi connectivity index (χ3v) is 2.09. The van der Waals surface area contributed by atoms with Crippen molar-refractivity contribution in [3.8, 4) is 0 Å². The minimum Gasteiger partial charge on any atom is -0.479 e. The van der Waals surface area contributed by atoms with Crippen LogP contribution in [-0.4, -0.2) is 70.0 Å². The van der Waals surface area contributed by atoms with Crippen LogP contribution in [0.3, 0.4) is 0 Å². The van der Waals surface area contributed by atoms with Gasteiger partial charge in [-0.1, -0.05) is 5.11 Å². The summed E-state index contributed by atoms with van der Waals surface area (Å²) in [4.78, 5) is 13.0. The molecule has 0 heterocycles. The molecule has 20 heavy (non-hydrogen) atoms. The van der Waals surface area contributed by atoms with E-state index in [4.69, 9.17) is 29.6 Å². The van der Waals surface area contributed by atoms with Crippen molar-refractivity contribution in [1.82, 2.24) is 0 Å². The van der Waals surface area contributed by atoms with Gasteiger partial charge in [-0.3, -0.25) is 0 Å². The molecule has 0 radical (unpaired) electrons. The number of hydrogen-bond acceptors (Lipinski definition) is 6. The van der Waals surface area contributed by atoms with Gasteiger partial charge in [0.1, 0.15) is 0 Å². The molecular weight excluding hydrogens is 270 g/mol. The molecule has 0 aromatic carbocycles. The van der Waals surface area contributed by atoms with Crippen molar-refractivity contribution in [2.45, 2.75) is 13.0 Å². The molecule has 1 N–H and O–H groups in total. The normalized spacial score (nSPS) is 11.8. The summed E-state index contributed by atoms with van der Waals surface area (Å²) in [6.45, 7) is 4.41. The summed E-state index contributed by atoms with van der Waals surface area (Å²) in [6, 6.07) is 0. The molecule has 9 nitrogen and oxygen atoms in total. The number of azide groups is 1. The Morgan fingerprint density at radius 1 is 1.10 bits per heavy atom. The Hall–Kier alpha value is -1.38. The van der Waals surface area contributed by atoms with Crippen LogP contribution >= 0.6 is 0 Å². The van der Waals surface area contributed by atoms with E-state index in [1.54, 1.807) is 0 Å². The number of rotatable bonds is 14. The van der Waals surface area contributed by atoms with Crippen molar-refractivity contribution < 1.29 is 28.8 Å². The van der Waals surface area contributed by atoms with E-state index in [-0.39, 0.29) is 6.61 Å². The topological polar surface area (TPSA) is 123 Å². The lowest BCUT2D eigenvalue weighted by atomic mass is 10.4. The van der Waals surface area contributed by atoms with Crippen LogP contribution in [0.4, 0.5) is 0 Å². The predicted molar refractivity (Wildman–Crippen MR) is 69.5 cm³/mol. The molecule has 1 atom stereocenters. The zero-order valence-corrected chi connectivity index (χ0v) is 11.6. The van der Waals surface area contributed by atoms with Crippen molar-refractivity contribution in [2.24, 2.45) is 5.11 Å². The summed E-state index contributed by atoms with van der Waals surface area (Å²) in [5.74, 6) is -0.992. The number of carbonyl (C=O) groups is 1. The fraction of sp³-hybridized carbons (Fsp3) is 0.909. The average molecular weight is 291 g/mol. The van der Waals surface area contributed by atoms with E-state index in [1.165, 1.54) is 6.92 Å². The van der Waals surface area contributed by atoms with Crippen LogP contribution in [0, 0.1) is 0 Å². The highest BCUT2D eigenvalue weighted by atomic mass is 16.6. The molecular formula is C11H21N3O6. The van der Waals surface area contributed by atoms with Crippen molar-refractivity contribution >= 4 is 5.97 Å². The van der Waals surface area contributed by atoms with Crippen LogP contribution in [-0.2, 0) is 23.7 Å². The number of hydrogen-bond donors (Lipinski definition) is 1. The summed E-state index contributed by atoms with van der Waals surface area (Å²) >= 11 is 0. The molecule has 9 heteroatoms. The fourth-order valence-corrected chi connectivity index (χ4v) is 1.05. The molecule has 0 aliphatic heterocycles. The van der Waals surface area contributed by atoms with Gasteiger partial charge in [-0.05, 0) is 12.5 Å². The van der Waals surface area contributed by atoms with Crippen LogP contribution < -0.4 is 0 Å². The first-order valence-electron chi connectivity index (χ1n) is 6.27. The summed E-state index contributed by atoms with van der Waals surface area (Å²) in [5.41, 5.74) is 8.01. The predicted octanol–water partition coefficient (Wildman–Crippen LogP) is 0.836. The van der Waals surface area contributed by atoms with Gasteiger partial charge in [0.15, 0.2) is 6.10 Å². The number of ether oxygens (including phenoxy) is 4. The highest BCUT2D eigenvalue weighted by Crippen LogP contribution is 1.90. The van der Waals surface area contributed by atoms with Gasteiger partial charge in [0, 0.05) is 11.5 Å². The highest BCUT2D eigenvalue weighted by Gasteiger charge is 2.09. The molecule has 0 bridgehead atoms. The lowest BCUT2D eigenvalue weighted by Gasteiger charge is -2.09. The molecule has 0 aromatic heterocycles. The first-order chi connectivity index (χ1) is 9.68. The minimum absolute atomic E-state index is 0.232. The van der Waals surface area contributed by atoms with Crippen LogP contribution in [0.2, 0.25) is 0 Å². The number of carboxylic acids is 1. The van der Waals surface area contributed by atoms with Crippen molar-refractivity contribution in [3.63, 3.8) is 0 Å². The van der Waals surface area contributed by atoms with Crippen LogP contribution in [0.5, 0.6) is 0 Å². The Balaban J connectivity index is 3.10. The summed E-state index contributed by atoms with van der Waals surface area (Å²) < 4.78 is 20.5. The standard InChI is InChI=1S/C11H21N3O6/c1-10(11(15)16)20-9-8-19-7-6-18-5-4-17-3-2-13-14-12/h10H,2-9H2,1H3,(H,15,16). The van der Waals surface area contributed by atoms with Gasteiger partial charge in [0.2, 0.25) is 0 Å². The second-order valence-electron chi connectivity index (χ2n) is 3.64. The van der Waals surface area contributed by atoms with Gasteiger partial charge in [0.05, 0.1) is 46.2 Å². The third kappa shape index (κ3) is 13.1. The van der Waals surface area contributed by atoms with Gasteiger partial charge in [0.25, 0.3) is 0 Å². The maximum Gasteiger partial charge on any atom is 0.332 e. The Labute approximate surface area is 117 Å². The van der Waals surface area contributed by atoms with E-state index in [9.17, 15) is 4.79 Å². The van der Waals surface area contributed by atoms with Crippen molar-refractivity contribution in [1.29, 1.82) is 0 Å². The SMILES string of the molecule is CC(OCCOCCOCCOCCN=[N+]=[N-])C(=O)O. The lowest BCUT2D eigenvalue weighted by Crippen LogP contribution is -2.22. The zero-order valence-electron chi connectivity index (χ0n) is 11.6. The molecule has 0 fully saturated rings. The largest absolute Gasteiger partial charge is 0.479 e. The second kappa shape index (κ2) is 14.0. The number of carboxylic acid groups (broad SMARTS) is 1. The van der Waals surface area contributed by atoms with E-state index < -0.39 is 12.1 Å². The Morgan fingerprint density at radius 2 is 1.60 bits per heavy atom. The van der Waals surface area contributed by atoms with Gasteiger partial charge in [-0.2, -0.15) is 0 Å². The molecule has 0 aliphatic carbocycles. The molecule has 0 aromatic rings. The molecule has 0 saturated heterocycles. The molecule has 0 aliphatic rings. The smallest absolute Gasteiger partial charge is 0.332 e. The van der Waals surface area contributed by atoms with E-state index >= 15 is 0 Å². The van der Waals surface area contributed by atoms with E-state index in [1.807, 2.05) is 0 Å². The highest BCUT2D eigenvalue weighted by molar-refractivity contribution is 5.71. The fourth-order valence-electron chi connectivity index (χ4n) is 1.05. The average Bonchev–Trinajstić information content (AvgIpc) is 2.43. The summed E-state index contributed by atoms with van der Waals surface area (Å²) in [5, 5.41) is 11.9. The van der Waals surface area contributed by atoms with Gasteiger partial charge in [-0.15, -0.1) is 0 Å². The third-order valence-electron chi connectivity index (χ3n) is 2.09. The molecule has 1 unspecified atom stereocenters. The Bertz CT molecular complexity index is 296. The van der Waals surface area contributed by atoms with Crippen molar-refractivity contribution in [2.75, 3.05) is 52.8 Å². The van der Waals surface area contributed by atoms with Crippen LogP contribution in [0.15, 0.2) is 5.11 Å². The maximum atomic E-state index is 10.4. The Morgan fingerprint density at radius 3 is 2.10 bits per heavy atom. The van der Waals surface area contributed by atoms with E-state index in [0.29, 0.717) is 46.2 Å². The monoisotopic (exact) mass is 291 g/mol. The first-order valence-corrected chi connectivity index (χ1v) is 6.27. The van der Waals surface area contributed by atoms with Crippen LogP contribution in [0.1, 0.15) is 6.92 Å². The van der Waals surface area contributed by atoms with Gasteiger partial charge in [-0.25, -0.2) is 4.79 Å². The quantitative estimate of drug-likeness (QED) is 0.219. The van der Waals surface area contributed by atoms with E-state index in [2.05, 4.69) is 10.0 Å². The van der Waals surface area contributed by atoms with Gasteiger partial charge < -0.3 is 24.1 Å². The second-order valence-corrected chi connectivity index (χ2v) is 3.64. The van der Waals surface area contributed by atoms with E-state index in [0.717, 1.165) is 0 Å². The summed E-state index contributed by atoms with van der Waals surface area (Å²) in [7, 11) is 0. The number of aliphatic carboxylic acids is 1. The lowest BCUT2D eigenvalue weighted by molar-refractivity contribution is -0.150. The molecule has 116 valence electrons. The molecule has 0 rings (SSSR count). The molecule has 0 amide bonds. The molecule has 0 saturated carbocycles. The number of nitrogens with zero attached hydrogens (tertiary/aromatic N) is 3. The van der Waals surface area contributed by atoms with Crippen molar-refractivity contribution in [3.05, 3.63) is 10.4 Å². The van der Waals surface area contributed by atoms with Crippen LogP contribution in [0.25, 0.3) is 10.4 Å². The summed E-state index contributed by atoms with van der Waals surface area (Å²) in [6.07, 6.45) is -0.822. The molecule has 0 spiro atoms. The first kappa shape index (κ1) is 18.6. The minimum atomic E-state index is -0.992. The zero-order chi connectivity index (χ0) is 15.1.